The molecule has 0 atom stereocenters. The van der Waals surface area contributed by atoms with Crippen LogP contribution >= 0.6 is 0 Å². The Morgan fingerprint density at radius 2 is 2.00 bits per heavy atom. The van der Waals surface area contributed by atoms with E-state index in [0.717, 1.165) is 13.0 Å². The number of fused-ring (bicyclic) bond motifs is 1. The molecule has 0 unspecified atom stereocenters. The van der Waals surface area contributed by atoms with Crippen molar-refractivity contribution in [2.75, 3.05) is 6.54 Å². The summed E-state index contributed by atoms with van der Waals surface area (Å²) in [5.41, 5.74) is 2.71. The molecule has 0 saturated heterocycles. The molecule has 0 fully saturated rings. The van der Waals surface area contributed by atoms with E-state index in [4.69, 9.17) is 0 Å². The summed E-state index contributed by atoms with van der Waals surface area (Å²) in [5.74, 6) is 0. The Hall–Kier alpha value is -1.11. The Kier molecular flexibility index (Phi) is 2.42. The van der Waals surface area contributed by atoms with Crippen molar-refractivity contribution < 1.29 is 0 Å². The van der Waals surface area contributed by atoms with Crippen molar-refractivity contribution in [2.45, 2.75) is 13.8 Å². The molecule has 58 valence electrons. The summed E-state index contributed by atoms with van der Waals surface area (Å²) in [6, 6.07) is 8.41. The van der Waals surface area contributed by atoms with Gasteiger partial charge in [0.2, 0.25) is 0 Å². The van der Waals surface area contributed by atoms with Gasteiger partial charge in [-0.25, -0.2) is 0 Å². The van der Waals surface area contributed by atoms with Crippen LogP contribution < -0.4 is 0 Å². The van der Waals surface area contributed by atoms with Crippen LogP contribution in [0.15, 0.2) is 29.3 Å². The lowest BCUT2D eigenvalue weighted by atomic mass is 10.0. The van der Waals surface area contributed by atoms with E-state index in [1.165, 1.54) is 11.1 Å². The number of hydrogen-bond donors (Lipinski definition) is 0. The zero-order chi connectivity index (χ0) is 6.81. The highest BCUT2D eigenvalue weighted by atomic mass is 14.7. The van der Waals surface area contributed by atoms with Gasteiger partial charge >= 0.3 is 0 Å². The smallest absolute Gasteiger partial charge is 0.0430 e. The van der Waals surface area contributed by atoms with Gasteiger partial charge in [0, 0.05) is 12.8 Å². The minimum absolute atomic E-state index is 0. The van der Waals surface area contributed by atoms with E-state index in [0.29, 0.717) is 0 Å². The fourth-order valence-corrected chi connectivity index (χ4v) is 1.24. The quantitative estimate of drug-likeness (QED) is 0.534. The van der Waals surface area contributed by atoms with Gasteiger partial charge in [-0.1, -0.05) is 31.7 Å². The van der Waals surface area contributed by atoms with Crippen LogP contribution in [-0.4, -0.2) is 12.8 Å². The Morgan fingerprint density at radius 3 is 2.82 bits per heavy atom. The number of rotatable bonds is 0. The predicted octanol–water partition coefficient (Wildman–Crippen LogP) is 2.30. The molecule has 1 aromatic carbocycles. The summed E-state index contributed by atoms with van der Waals surface area (Å²) >= 11 is 0. The number of hydrogen-bond acceptors (Lipinski definition) is 1. The second-order valence-electron chi connectivity index (χ2n) is 2.48. The molecule has 0 spiro atoms. The average Bonchev–Trinajstić information content (AvgIpc) is 2.05. The lowest BCUT2D eigenvalue weighted by Gasteiger charge is -2.07. The van der Waals surface area contributed by atoms with Crippen LogP contribution in [0.2, 0.25) is 0 Å². The molecule has 1 aliphatic heterocycles. The molecule has 1 nitrogen and oxygen atoms in total. The minimum atomic E-state index is 0. The molecule has 0 bridgehead atoms. The van der Waals surface area contributed by atoms with Gasteiger partial charge < -0.3 is 0 Å². The first kappa shape index (κ1) is 7.99. The van der Waals surface area contributed by atoms with E-state index in [-0.39, 0.29) is 7.43 Å². The fraction of sp³-hybridized carbons (Fsp3) is 0.300. The Balaban J connectivity index is 0.000000605. The molecular weight excluding hydrogens is 134 g/mol. The van der Waals surface area contributed by atoms with E-state index < -0.39 is 0 Å². The third kappa shape index (κ3) is 1.48. The first-order chi connectivity index (χ1) is 4.97. The predicted molar refractivity (Wildman–Crippen MR) is 49.3 cm³/mol. The van der Waals surface area contributed by atoms with Gasteiger partial charge in [0.15, 0.2) is 0 Å². The van der Waals surface area contributed by atoms with E-state index in [2.05, 4.69) is 29.3 Å². The molecule has 1 aliphatic rings. The maximum absolute atomic E-state index is 4.19. The van der Waals surface area contributed by atoms with Crippen molar-refractivity contribution >= 4 is 6.21 Å². The van der Waals surface area contributed by atoms with Crippen LogP contribution in [0.5, 0.6) is 0 Å². The molecule has 0 saturated carbocycles. The molecule has 11 heavy (non-hydrogen) atoms. The van der Waals surface area contributed by atoms with Gasteiger partial charge in [-0.05, 0) is 17.5 Å². The van der Waals surface area contributed by atoms with Crippen LogP contribution in [0, 0.1) is 0 Å². The highest BCUT2D eigenvalue weighted by Gasteiger charge is 2.01. The SMILES string of the molecule is C.C1=NCCc2ccccc21. The molecule has 1 heteroatoms. The average molecular weight is 147 g/mol. The normalized spacial score (nSPS) is 13.5. The molecule has 0 aromatic heterocycles. The van der Waals surface area contributed by atoms with E-state index in [1.807, 2.05) is 6.21 Å². The monoisotopic (exact) mass is 147 g/mol. The number of benzene rings is 1. The summed E-state index contributed by atoms with van der Waals surface area (Å²) in [6.07, 6.45) is 3.06. The Labute approximate surface area is 67.8 Å². The first-order valence-electron chi connectivity index (χ1n) is 3.54. The van der Waals surface area contributed by atoms with Gasteiger partial charge in [0.1, 0.15) is 0 Å². The van der Waals surface area contributed by atoms with Crippen molar-refractivity contribution in [3.05, 3.63) is 35.4 Å². The third-order valence-electron chi connectivity index (χ3n) is 1.80. The topological polar surface area (TPSA) is 12.4 Å². The third-order valence-corrected chi connectivity index (χ3v) is 1.80. The molecule has 2 rings (SSSR count). The van der Waals surface area contributed by atoms with Gasteiger partial charge in [-0.3, -0.25) is 4.99 Å². The van der Waals surface area contributed by atoms with Crippen LogP contribution in [-0.2, 0) is 6.42 Å². The molecule has 1 aromatic rings. The second kappa shape index (κ2) is 3.33. The minimum Gasteiger partial charge on any atom is -0.292 e. The highest BCUT2D eigenvalue weighted by Crippen LogP contribution is 2.10. The van der Waals surface area contributed by atoms with Crippen molar-refractivity contribution in [3.8, 4) is 0 Å². The summed E-state index contributed by atoms with van der Waals surface area (Å²) in [6.45, 7) is 0.955. The van der Waals surface area contributed by atoms with Gasteiger partial charge in [0.05, 0.1) is 0 Å². The van der Waals surface area contributed by atoms with Gasteiger partial charge in [0.25, 0.3) is 0 Å². The Bertz CT molecular complexity index is 263. The van der Waals surface area contributed by atoms with Gasteiger partial charge in [-0.15, -0.1) is 0 Å². The molecular formula is C10H13N. The lowest BCUT2D eigenvalue weighted by molar-refractivity contribution is 0.952. The van der Waals surface area contributed by atoms with Crippen molar-refractivity contribution in [1.82, 2.24) is 0 Å². The maximum atomic E-state index is 4.19. The fourth-order valence-electron chi connectivity index (χ4n) is 1.24. The second-order valence-corrected chi connectivity index (χ2v) is 2.48. The number of aliphatic imine (C=N–C) groups is 1. The van der Waals surface area contributed by atoms with Crippen molar-refractivity contribution in [1.29, 1.82) is 0 Å². The van der Waals surface area contributed by atoms with E-state index in [9.17, 15) is 0 Å². The lowest BCUT2D eigenvalue weighted by Crippen LogP contribution is -2.01. The van der Waals surface area contributed by atoms with Crippen molar-refractivity contribution in [3.63, 3.8) is 0 Å². The van der Waals surface area contributed by atoms with Gasteiger partial charge in [-0.2, -0.15) is 0 Å². The standard InChI is InChI=1S/C9H9N.CH4/c1-2-4-9-7-10-6-5-8(9)3-1;/h1-4,7H,5-6H2;1H4. The van der Waals surface area contributed by atoms with Crippen molar-refractivity contribution in [2.24, 2.45) is 4.99 Å². The summed E-state index contributed by atoms with van der Waals surface area (Å²) in [7, 11) is 0. The summed E-state index contributed by atoms with van der Waals surface area (Å²) in [4.78, 5) is 4.19. The maximum Gasteiger partial charge on any atom is 0.0430 e. The molecule has 0 amide bonds. The first-order valence-corrected chi connectivity index (χ1v) is 3.54. The highest BCUT2D eigenvalue weighted by molar-refractivity contribution is 5.82. The van der Waals surface area contributed by atoms with Crippen LogP contribution in [0.4, 0.5) is 0 Å². The summed E-state index contributed by atoms with van der Waals surface area (Å²) < 4.78 is 0. The number of nitrogens with zero attached hydrogens (tertiary/aromatic N) is 1. The van der Waals surface area contributed by atoms with Crippen LogP contribution in [0.1, 0.15) is 18.6 Å². The zero-order valence-electron chi connectivity index (χ0n) is 5.75. The van der Waals surface area contributed by atoms with E-state index >= 15 is 0 Å². The van der Waals surface area contributed by atoms with Crippen LogP contribution in [0.3, 0.4) is 0 Å². The molecule has 1 heterocycles. The summed E-state index contributed by atoms with van der Waals surface area (Å²) in [5, 5.41) is 0. The molecule has 0 aliphatic carbocycles. The van der Waals surface area contributed by atoms with Crippen LogP contribution in [0.25, 0.3) is 0 Å². The zero-order valence-corrected chi connectivity index (χ0v) is 5.75. The largest absolute Gasteiger partial charge is 0.292 e. The molecule has 0 radical (unpaired) electrons. The Morgan fingerprint density at radius 1 is 1.18 bits per heavy atom. The van der Waals surface area contributed by atoms with E-state index in [1.54, 1.807) is 0 Å². The molecule has 0 N–H and O–H groups in total.